The molecule has 18 heavy (non-hydrogen) atoms. The zero-order valence-electron chi connectivity index (χ0n) is 9.91. The molecule has 0 aliphatic heterocycles. The van der Waals surface area contributed by atoms with E-state index in [9.17, 15) is 9.18 Å². The molecule has 0 aliphatic rings. The molecule has 0 N–H and O–H groups in total. The molecule has 0 unspecified atom stereocenters. The minimum absolute atomic E-state index is 0.0124. The monoisotopic (exact) mass is 262 g/mol. The summed E-state index contributed by atoms with van der Waals surface area (Å²) >= 11 is 5.98. The zero-order chi connectivity index (χ0) is 13.1. The maximum atomic E-state index is 12.8. The van der Waals surface area contributed by atoms with Gasteiger partial charge in [-0.15, -0.1) is 0 Å². The van der Waals surface area contributed by atoms with Crippen LogP contribution in [-0.4, -0.2) is 5.78 Å². The molecule has 0 spiro atoms. The van der Waals surface area contributed by atoms with E-state index in [4.69, 9.17) is 11.6 Å². The number of benzene rings is 2. The molecule has 0 saturated heterocycles. The Morgan fingerprint density at radius 3 is 2.50 bits per heavy atom. The minimum atomic E-state index is -0.301. The molecule has 0 heterocycles. The lowest BCUT2D eigenvalue weighted by atomic mass is 9.99. The fourth-order valence-electron chi connectivity index (χ4n) is 1.79. The quantitative estimate of drug-likeness (QED) is 0.757. The third-order valence-corrected chi connectivity index (χ3v) is 3.26. The zero-order valence-corrected chi connectivity index (χ0v) is 10.7. The molecule has 0 amide bonds. The molecule has 2 rings (SSSR count). The van der Waals surface area contributed by atoms with Gasteiger partial charge in [0.15, 0.2) is 5.78 Å². The van der Waals surface area contributed by atoms with Gasteiger partial charge in [0.25, 0.3) is 0 Å². The average molecular weight is 263 g/mol. The van der Waals surface area contributed by atoms with Crippen LogP contribution >= 0.6 is 11.6 Å². The van der Waals surface area contributed by atoms with E-state index in [1.807, 2.05) is 6.92 Å². The Hall–Kier alpha value is -1.67. The SMILES string of the molecule is Cc1c(Cl)cccc1C(=O)Cc1ccc(F)cc1. The Morgan fingerprint density at radius 2 is 1.83 bits per heavy atom. The fourth-order valence-corrected chi connectivity index (χ4v) is 1.97. The van der Waals surface area contributed by atoms with Gasteiger partial charge in [-0.2, -0.15) is 0 Å². The van der Waals surface area contributed by atoms with Crippen LogP contribution in [0.5, 0.6) is 0 Å². The summed E-state index contributed by atoms with van der Waals surface area (Å²) < 4.78 is 12.8. The van der Waals surface area contributed by atoms with Crippen LogP contribution in [-0.2, 0) is 6.42 Å². The van der Waals surface area contributed by atoms with Crippen LogP contribution in [0.15, 0.2) is 42.5 Å². The Balaban J connectivity index is 2.22. The highest BCUT2D eigenvalue weighted by atomic mass is 35.5. The van der Waals surface area contributed by atoms with Crippen LogP contribution in [0.1, 0.15) is 21.5 Å². The third kappa shape index (κ3) is 2.77. The lowest BCUT2D eigenvalue weighted by Crippen LogP contribution is -2.05. The number of hydrogen-bond acceptors (Lipinski definition) is 1. The normalized spacial score (nSPS) is 10.4. The van der Waals surface area contributed by atoms with Gasteiger partial charge < -0.3 is 0 Å². The molecule has 1 nitrogen and oxygen atoms in total. The Labute approximate surface area is 110 Å². The largest absolute Gasteiger partial charge is 0.294 e. The van der Waals surface area contributed by atoms with Gasteiger partial charge in [-0.3, -0.25) is 4.79 Å². The summed E-state index contributed by atoms with van der Waals surface area (Å²) in [5.41, 5.74) is 2.19. The third-order valence-electron chi connectivity index (χ3n) is 2.85. The first kappa shape index (κ1) is 12.8. The summed E-state index contributed by atoms with van der Waals surface area (Å²) in [4.78, 5) is 12.1. The standard InChI is InChI=1S/C15H12ClFO/c1-10-13(3-2-4-14(10)16)15(18)9-11-5-7-12(17)8-6-11/h2-8H,9H2,1H3. The van der Waals surface area contributed by atoms with Crippen molar-refractivity contribution in [3.8, 4) is 0 Å². The number of rotatable bonds is 3. The van der Waals surface area contributed by atoms with E-state index in [-0.39, 0.29) is 18.0 Å². The number of carbonyl (C=O) groups is 1. The van der Waals surface area contributed by atoms with Gasteiger partial charge in [0.1, 0.15) is 5.82 Å². The highest BCUT2D eigenvalue weighted by molar-refractivity contribution is 6.31. The van der Waals surface area contributed by atoms with Gasteiger partial charge >= 0.3 is 0 Å². The molecule has 3 heteroatoms. The van der Waals surface area contributed by atoms with Gasteiger partial charge in [-0.25, -0.2) is 4.39 Å². The van der Waals surface area contributed by atoms with Gasteiger partial charge in [0.2, 0.25) is 0 Å². The second kappa shape index (κ2) is 5.32. The summed E-state index contributed by atoms with van der Waals surface area (Å²) in [7, 11) is 0. The molecule has 2 aromatic rings. The first-order valence-electron chi connectivity index (χ1n) is 5.60. The second-order valence-corrected chi connectivity index (χ2v) is 4.55. The maximum Gasteiger partial charge on any atom is 0.167 e. The van der Waals surface area contributed by atoms with Gasteiger partial charge in [-0.05, 0) is 36.2 Å². The predicted octanol–water partition coefficient (Wildman–Crippen LogP) is 4.21. The van der Waals surface area contributed by atoms with Crippen LogP contribution in [0, 0.1) is 12.7 Å². The van der Waals surface area contributed by atoms with E-state index in [1.54, 1.807) is 30.3 Å². The lowest BCUT2D eigenvalue weighted by molar-refractivity contribution is 0.0992. The summed E-state index contributed by atoms with van der Waals surface area (Å²) in [5, 5.41) is 0.583. The molecule has 0 atom stereocenters. The van der Waals surface area contributed by atoms with Crippen LogP contribution < -0.4 is 0 Å². The Kier molecular flexibility index (Phi) is 3.78. The van der Waals surface area contributed by atoms with Crippen LogP contribution in [0.25, 0.3) is 0 Å². The van der Waals surface area contributed by atoms with Crippen LogP contribution in [0.3, 0.4) is 0 Å². The molecule has 92 valence electrons. The van der Waals surface area contributed by atoms with Crippen molar-refractivity contribution in [1.29, 1.82) is 0 Å². The topological polar surface area (TPSA) is 17.1 Å². The number of Topliss-reactive ketones (excluding diaryl/α,β-unsaturated/α-hetero) is 1. The molecule has 0 radical (unpaired) electrons. The van der Waals surface area contributed by atoms with Crippen molar-refractivity contribution < 1.29 is 9.18 Å². The molecular formula is C15H12ClFO. The maximum absolute atomic E-state index is 12.8. The Morgan fingerprint density at radius 1 is 1.17 bits per heavy atom. The van der Waals surface area contributed by atoms with Crippen molar-refractivity contribution in [2.45, 2.75) is 13.3 Å². The van der Waals surface area contributed by atoms with Crippen LogP contribution in [0.4, 0.5) is 4.39 Å². The van der Waals surface area contributed by atoms with E-state index < -0.39 is 0 Å². The molecule has 0 aliphatic carbocycles. The highest BCUT2D eigenvalue weighted by Gasteiger charge is 2.11. The van der Waals surface area contributed by atoms with E-state index >= 15 is 0 Å². The first-order valence-corrected chi connectivity index (χ1v) is 5.98. The van der Waals surface area contributed by atoms with Gasteiger partial charge in [-0.1, -0.05) is 35.9 Å². The minimum Gasteiger partial charge on any atom is -0.294 e. The van der Waals surface area contributed by atoms with E-state index in [0.717, 1.165) is 11.1 Å². The number of ketones is 1. The van der Waals surface area contributed by atoms with E-state index in [2.05, 4.69) is 0 Å². The highest BCUT2D eigenvalue weighted by Crippen LogP contribution is 2.20. The molecule has 0 fully saturated rings. The fraction of sp³-hybridized carbons (Fsp3) is 0.133. The van der Waals surface area contributed by atoms with Crippen molar-refractivity contribution >= 4 is 17.4 Å². The van der Waals surface area contributed by atoms with Gasteiger partial charge in [0.05, 0.1) is 0 Å². The van der Waals surface area contributed by atoms with Gasteiger partial charge in [0, 0.05) is 17.0 Å². The number of carbonyl (C=O) groups excluding carboxylic acids is 1. The molecule has 0 aromatic heterocycles. The smallest absolute Gasteiger partial charge is 0.167 e. The average Bonchev–Trinajstić information content (AvgIpc) is 2.35. The number of halogens is 2. The van der Waals surface area contributed by atoms with Crippen LogP contribution in [0.2, 0.25) is 5.02 Å². The van der Waals surface area contributed by atoms with Crippen molar-refractivity contribution in [2.24, 2.45) is 0 Å². The molecule has 0 saturated carbocycles. The Bertz CT molecular complexity index is 576. The summed E-state index contributed by atoms with van der Waals surface area (Å²) in [5.74, 6) is -0.313. The molecular weight excluding hydrogens is 251 g/mol. The lowest BCUT2D eigenvalue weighted by Gasteiger charge is -2.06. The van der Waals surface area contributed by atoms with Crippen molar-refractivity contribution in [1.82, 2.24) is 0 Å². The van der Waals surface area contributed by atoms with E-state index in [0.29, 0.717) is 10.6 Å². The molecule has 0 bridgehead atoms. The van der Waals surface area contributed by atoms with Crippen molar-refractivity contribution in [3.63, 3.8) is 0 Å². The summed E-state index contributed by atoms with van der Waals surface area (Å²) in [6, 6.07) is 11.2. The van der Waals surface area contributed by atoms with E-state index in [1.165, 1.54) is 12.1 Å². The predicted molar refractivity (Wildman–Crippen MR) is 70.6 cm³/mol. The number of hydrogen-bond donors (Lipinski definition) is 0. The van der Waals surface area contributed by atoms with Crippen molar-refractivity contribution in [2.75, 3.05) is 0 Å². The first-order chi connectivity index (χ1) is 8.58. The molecule has 2 aromatic carbocycles. The van der Waals surface area contributed by atoms with Crippen molar-refractivity contribution in [3.05, 3.63) is 70.0 Å². The summed E-state index contributed by atoms with van der Waals surface area (Å²) in [6.45, 7) is 1.82. The second-order valence-electron chi connectivity index (χ2n) is 4.14. The summed E-state index contributed by atoms with van der Waals surface area (Å²) in [6.07, 6.45) is 0.251.